The van der Waals surface area contributed by atoms with E-state index >= 15 is 0 Å². The molecule has 1 heterocycles. The van der Waals surface area contributed by atoms with Gasteiger partial charge in [-0.05, 0) is 12.1 Å². The number of hydrogen-bond acceptors (Lipinski definition) is 3. The molecule has 1 saturated heterocycles. The van der Waals surface area contributed by atoms with E-state index in [2.05, 4.69) is 26.1 Å². The minimum absolute atomic E-state index is 0.0570. The van der Waals surface area contributed by atoms with Crippen molar-refractivity contribution in [3.8, 4) is 0 Å². The second kappa shape index (κ2) is 5.91. The smallest absolute Gasteiger partial charge is 0.129 e. The van der Waals surface area contributed by atoms with Gasteiger partial charge in [0.25, 0.3) is 0 Å². The van der Waals surface area contributed by atoms with E-state index in [1.165, 1.54) is 6.07 Å². The number of rotatable bonds is 3. The van der Waals surface area contributed by atoms with Crippen LogP contribution in [-0.4, -0.2) is 42.8 Å². The van der Waals surface area contributed by atoms with Crippen LogP contribution in [-0.2, 0) is 0 Å². The second-order valence-corrected chi connectivity index (χ2v) is 5.07. The molecule has 0 bridgehead atoms. The van der Waals surface area contributed by atoms with E-state index < -0.39 is 0 Å². The summed E-state index contributed by atoms with van der Waals surface area (Å²) in [5, 5.41) is 12.7. The summed E-state index contributed by atoms with van der Waals surface area (Å²) in [4.78, 5) is 2.11. The Kier molecular flexibility index (Phi) is 4.50. The number of nitrogens with one attached hydrogen (secondary N) is 1. The first-order valence-corrected chi connectivity index (χ1v) is 6.52. The molecule has 1 aliphatic heterocycles. The van der Waals surface area contributed by atoms with Gasteiger partial charge in [-0.1, -0.05) is 22.0 Å². The molecule has 5 heteroatoms. The van der Waals surface area contributed by atoms with Crippen LogP contribution in [0.2, 0.25) is 0 Å². The van der Waals surface area contributed by atoms with Crippen molar-refractivity contribution in [3.63, 3.8) is 0 Å². The van der Waals surface area contributed by atoms with Gasteiger partial charge in [0.2, 0.25) is 0 Å². The van der Waals surface area contributed by atoms with Gasteiger partial charge >= 0.3 is 0 Å². The molecule has 0 radical (unpaired) electrons. The third kappa shape index (κ3) is 3.04. The van der Waals surface area contributed by atoms with Crippen LogP contribution in [0.15, 0.2) is 22.7 Å². The molecule has 0 spiro atoms. The summed E-state index contributed by atoms with van der Waals surface area (Å²) in [7, 11) is 0. The van der Waals surface area contributed by atoms with Crippen LogP contribution in [0.5, 0.6) is 0 Å². The van der Waals surface area contributed by atoms with Crippen LogP contribution in [0.4, 0.5) is 4.39 Å². The Labute approximate surface area is 109 Å². The highest BCUT2D eigenvalue weighted by Crippen LogP contribution is 2.25. The van der Waals surface area contributed by atoms with Gasteiger partial charge in [-0.25, -0.2) is 4.39 Å². The molecule has 3 nitrogen and oxygen atoms in total. The molecule has 1 fully saturated rings. The minimum atomic E-state index is -0.267. The summed E-state index contributed by atoms with van der Waals surface area (Å²) in [6.45, 7) is 3.38. The molecule has 0 aliphatic carbocycles. The van der Waals surface area contributed by atoms with E-state index in [4.69, 9.17) is 0 Å². The van der Waals surface area contributed by atoms with Gasteiger partial charge in [0, 0.05) is 36.2 Å². The number of nitrogens with zero attached hydrogens (tertiary/aromatic N) is 1. The van der Waals surface area contributed by atoms with Crippen LogP contribution >= 0.6 is 15.9 Å². The van der Waals surface area contributed by atoms with E-state index in [0.717, 1.165) is 30.7 Å². The molecule has 2 N–H and O–H groups in total. The topological polar surface area (TPSA) is 35.5 Å². The zero-order valence-corrected chi connectivity index (χ0v) is 11.1. The number of benzene rings is 1. The van der Waals surface area contributed by atoms with Crippen molar-refractivity contribution in [3.05, 3.63) is 34.1 Å². The molecular formula is C12H16BrFN2O. The predicted molar refractivity (Wildman–Crippen MR) is 68.4 cm³/mol. The number of aliphatic hydroxyl groups excluding tert-OH is 1. The standard InChI is InChI=1S/C12H16BrFN2O/c13-9-1-2-10(11(14)7-9)12(8-17)16-5-3-15-4-6-16/h1-2,7,12,15,17H,3-6,8H2/t12-/m1/s1. The summed E-state index contributed by atoms with van der Waals surface area (Å²) in [5.74, 6) is -0.267. The van der Waals surface area contributed by atoms with Crippen LogP contribution in [0.3, 0.4) is 0 Å². The summed E-state index contributed by atoms with van der Waals surface area (Å²) in [6, 6.07) is 4.75. The summed E-state index contributed by atoms with van der Waals surface area (Å²) in [5.41, 5.74) is 0.567. The van der Waals surface area contributed by atoms with E-state index in [0.29, 0.717) is 5.56 Å². The van der Waals surface area contributed by atoms with Crippen LogP contribution in [0.1, 0.15) is 11.6 Å². The maximum Gasteiger partial charge on any atom is 0.129 e. The quantitative estimate of drug-likeness (QED) is 0.889. The predicted octanol–water partition coefficient (Wildman–Crippen LogP) is 1.53. The van der Waals surface area contributed by atoms with E-state index in [1.807, 2.05) is 6.07 Å². The number of aliphatic hydroxyl groups is 1. The van der Waals surface area contributed by atoms with E-state index in [9.17, 15) is 9.50 Å². The largest absolute Gasteiger partial charge is 0.394 e. The van der Waals surface area contributed by atoms with E-state index in [-0.39, 0.29) is 18.5 Å². The molecule has 0 unspecified atom stereocenters. The van der Waals surface area contributed by atoms with Crippen LogP contribution < -0.4 is 5.32 Å². The average Bonchev–Trinajstić information content (AvgIpc) is 2.34. The van der Waals surface area contributed by atoms with Crippen molar-refractivity contribution in [2.24, 2.45) is 0 Å². The van der Waals surface area contributed by atoms with Gasteiger partial charge in [-0.2, -0.15) is 0 Å². The van der Waals surface area contributed by atoms with Crippen molar-refractivity contribution in [1.82, 2.24) is 10.2 Å². The maximum atomic E-state index is 13.9. The molecule has 0 saturated carbocycles. The molecule has 1 aliphatic rings. The van der Waals surface area contributed by atoms with Gasteiger partial charge in [-0.15, -0.1) is 0 Å². The Morgan fingerprint density at radius 2 is 2.12 bits per heavy atom. The highest BCUT2D eigenvalue weighted by molar-refractivity contribution is 9.10. The van der Waals surface area contributed by atoms with Crippen molar-refractivity contribution in [1.29, 1.82) is 0 Å². The van der Waals surface area contributed by atoms with Crippen molar-refractivity contribution < 1.29 is 9.50 Å². The van der Waals surface area contributed by atoms with Crippen molar-refractivity contribution in [2.45, 2.75) is 6.04 Å². The average molecular weight is 303 g/mol. The van der Waals surface area contributed by atoms with Crippen molar-refractivity contribution >= 4 is 15.9 Å². The normalized spacial score (nSPS) is 19.2. The Hall–Kier alpha value is -0.490. The third-order valence-corrected chi connectivity index (χ3v) is 3.58. The fourth-order valence-electron chi connectivity index (χ4n) is 2.18. The zero-order valence-electron chi connectivity index (χ0n) is 9.50. The molecule has 1 aromatic carbocycles. The van der Waals surface area contributed by atoms with Gasteiger partial charge in [-0.3, -0.25) is 4.90 Å². The minimum Gasteiger partial charge on any atom is -0.394 e. The molecule has 1 atom stereocenters. The fraction of sp³-hybridized carbons (Fsp3) is 0.500. The molecule has 1 aromatic rings. The SMILES string of the molecule is OC[C@H](c1ccc(Br)cc1F)N1CCNCC1. The number of piperazine rings is 1. The monoisotopic (exact) mass is 302 g/mol. The highest BCUT2D eigenvalue weighted by atomic mass is 79.9. The Morgan fingerprint density at radius 3 is 2.71 bits per heavy atom. The molecule has 2 rings (SSSR count). The summed E-state index contributed by atoms with van der Waals surface area (Å²) < 4.78 is 14.6. The number of hydrogen-bond donors (Lipinski definition) is 2. The van der Waals surface area contributed by atoms with Crippen LogP contribution in [0.25, 0.3) is 0 Å². The summed E-state index contributed by atoms with van der Waals surface area (Å²) >= 11 is 3.24. The highest BCUT2D eigenvalue weighted by Gasteiger charge is 2.23. The van der Waals surface area contributed by atoms with Crippen LogP contribution in [0, 0.1) is 5.82 Å². The molecule has 0 amide bonds. The molecule has 17 heavy (non-hydrogen) atoms. The Morgan fingerprint density at radius 1 is 1.41 bits per heavy atom. The first-order valence-electron chi connectivity index (χ1n) is 5.73. The fourth-order valence-corrected chi connectivity index (χ4v) is 2.51. The first kappa shape index (κ1) is 13.0. The van der Waals surface area contributed by atoms with Gasteiger partial charge < -0.3 is 10.4 Å². The maximum absolute atomic E-state index is 13.9. The van der Waals surface area contributed by atoms with E-state index in [1.54, 1.807) is 6.07 Å². The Balaban J connectivity index is 2.21. The lowest BCUT2D eigenvalue weighted by atomic mass is 10.0. The third-order valence-electron chi connectivity index (χ3n) is 3.09. The number of halogens is 2. The Bertz CT molecular complexity index is 383. The lowest BCUT2D eigenvalue weighted by Crippen LogP contribution is -2.46. The lowest BCUT2D eigenvalue weighted by Gasteiger charge is -2.34. The van der Waals surface area contributed by atoms with Crippen molar-refractivity contribution in [2.75, 3.05) is 32.8 Å². The zero-order chi connectivity index (χ0) is 12.3. The van der Waals surface area contributed by atoms with Gasteiger partial charge in [0.15, 0.2) is 0 Å². The summed E-state index contributed by atoms with van der Waals surface area (Å²) in [6.07, 6.45) is 0. The molecule has 94 valence electrons. The second-order valence-electron chi connectivity index (χ2n) is 4.15. The molecule has 0 aromatic heterocycles. The van der Waals surface area contributed by atoms with Gasteiger partial charge in [0.1, 0.15) is 5.82 Å². The first-order chi connectivity index (χ1) is 8.22. The van der Waals surface area contributed by atoms with Gasteiger partial charge in [0.05, 0.1) is 12.6 Å². The lowest BCUT2D eigenvalue weighted by molar-refractivity contribution is 0.108. The molecular weight excluding hydrogens is 287 g/mol.